The summed E-state index contributed by atoms with van der Waals surface area (Å²) in [5.74, 6) is -0.340. The Labute approximate surface area is 117 Å². The van der Waals surface area contributed by atoms with E-state index in [0.29, 0.717) is 5.02 Å². The lowest BCUT2D eigenvalue weighted by atomic mass is 10.1. The van der Waals surface area contributed by atoms with Gasteiger partial charge in [-0.1, -0.05) is 23.7 Å². The predicted molar refractivity (Wildman–Crippen MR) is 72.7 cm³/mol. The molecule has 0 radical (unpaired) electrons. The average molecular weight is 285 g/mol. The smallest absolute Gasteiger partial charge is 0.426 e. The van der Waals surface area contributed by atoms with Crippen molar-refractivity contribution in [1.82, 2.24) is 10.9 Å². The molecule has 0 spiro atoms. The van der Waals surface area contributed by atoms with Crippen molar-refractivity contribution in [2.75, 3.05) is 0 Å². The van der Waals surface area contributed by atoms with E-state index in [1.54, 1.807) is 45.0 Å². The van der Waals surface area contributed by atoms with Crippen molar-refractivity contribution < 1.29 is 14.3 Å². The van der Waals surface area contributed by atoms with Crippen molar-refractivity contribution >= 4 is 23.6 Å². The molecule has 0 aliphatic carbocycles. The fourth-order valence-electron chi connectivity index (χ4n) is 1.26. The molecule has 104 valence electrons. The van der Waals surface area contributed by atoms with Gasteiger partial charge in [-0.3, -0.25) is 10.2 Å². The first-order chi connectivity index (χ1) is 8.76. The minimum Gasteiger partial charge on any atom is -0.443 e. The van der Waals surface area contributed by atoms with Crippen LogP contribution in [0.5, 0.6) is 0 Å². The summed E-state index contributed by atoms with van der Waals surface area (Å²) in [5, 5.41) is 0.607. The molecule has 6 heteroatoms. The minimum atomic E-state index is -0.697. The van der Waals surface area contributed by atoms with E-state index in [-0.39, 0.29) is 12.3 Å². The van der Waals surface area contributed by atoms with Crippen LogP contribution < -0.4 is 10.9 Å². The fourth-order valence-corrected chi connectivity index (χ4v) is 1.38. The molecule has 0 saturated carbocycles. The van der Waals surface area contributed by atoms with Crippen molar-refractivity contribution in [3.05, 3.63) is 34.9 Å². The minimum absolute atomic E-state index is 0.146. The maximum atomic E-state index is 11.6. The summed E-state index contributed by atoms with van der Waals surface area (Å²) in [6.07, 6.45) is -0.551. The van der Waals surface area contributed by atoms with Crippen LogP contribution in [0, 0.1) is 0 Å². The molecule has 0 aliphatic heterocycles. The zero-order chi connectivity index (χ0) is 14.5. The standard InChI is InChI=1S/C13H17ClN2O3/c1-13(2,3)19-12(18)16-15-11(17)8-9-4-6-10(14)7-5-9/h4-7H,8H2,1-3H3,(H,15,17)(H,16,18). The number of amides is 2. The van der Waals surface area contributed by atoms with Crippen molar-refractivity contribution in [3.63, 3.8) is 0 Å². The third-order valence-corrected chi connectivity index (χ3v) is 2.23. The number of hydrogen-bond acceptors (Lipinski definition) is 3. The molecule has 2 amide bonds. The van der Waals surface area contributed by atoms with Gasteiger partial charge in [0, 0.05) is 5.02 Å². The Hall–Kier alpha value is -1.75. The molecule has 2 N–H and O–H groups in total. The third kappa shape index (κ3) is 6.67. The van der Waals surface area contributed by atoms with Gasteiger partial charge in [0.15, 0.2) is 0 Å². The largest absolute Gasteiger partial charge is 0.443 e. The topological polar surface area (TPSA) is 67.4 Å². The molecule has 1 aromatic rings. The first kappa shape index (κ1) is 15.3. The van der Waals surface area contributed by atoms with Crippen LogP contribution >= 0.6 is 11.6 Å². The van der Waals surface area contributed by atoms with Crippen LogP contribution in [0.2, 0.25) is 5.02 Å². The van der Waals surface area contributed by atoms with Crippen molar-refractivity contribution in [1.29, 1.82) is 0 Å². The lowest BCUT2D eigenvalue weighted by Gasteiger charge is -2.19. The highest BCUT2D eigenvalue weighted by atomic mass is 35.5. The van der Waals surface area contributed by atoms with E-state index >= 15 is 0 Å². The number of halogens is 1. The second-order valence-electron chi connectivity index (χ2n) is 4.98. The lowest BCUT2D eigenvalue weighted by molar-refractivity contribution is -0.121. The number of rotatable bonds is 2. The van der Waals surface area contributed by atoms with Gasteiger partial charge < -0.3 is 4.74 Å². The van der Waals surface area contributed by atoms with Crippen molar-refractivity contribution in [2.24, 2.45) is 0 Å². The van der Waals surface area contributed by atoms with Crippen molar-refractivity contribution in [2.45, 2.75) is 32.8 Å². The number of benzene rings is 1. The number of nitrogens with one attached hydrogen (secondary N) is 2. The summed E-state index contributed by atoms with van der Waals surface area (Å²) >= 11 is 5.74. The van der Waals surface area contributed by atoms with E-state index in [2.05, 4.69) is 10.9 Å². The molecule has 0 atom stereocenters. The highest BCUT2D eigenvalue weighted by molar-refractivity contribution is 6.30. The van der Waals surface area contributed by atoms with Crippen molar-refractivity contribution in [3.8, 4) is 0 Å². The van der Waals surface area contributed by atoms with Crippen LogP contribution in [0.1, 0.15) is 26.3 Å². The molecule has 0 fully saturated rings. The Bertz CT molecular complexity index is 452. The Morgan fingerprint density at radius 2 is 1.74 bits per heavy atom. The first-order valence-electron chi connectivity index (χ1n) is 5.78. The Morgan fingerprint density at radius 3 is 2.26 bits per heavy atom. The molecule has 0 unspecified atom stereocenters. The molecule has 5 nitrogen and oxygen atoms in total. The van der Waals surface area contributed by atoms with Crippen LogP contribution in [0.4, 0.5) is 4.79 Å². The normalized spacial score (nSPS) is 10.7. The quantitative estimate of drug-likeness (QED) is 0.820. The van der Waals surface area contributed by atoms with Crippen LogP contribution in [-0.2, 0) is 16.0 Å². The number of ether oxygens (including phenoxy) is 1. The second kappa shape index (κ2) is 6.43. The summed E-state index contributed by atoms with van der Waals surface area (Å²) < 4.78 is 4.97. The van der Waals surface area contributed by atoms with Crippen LogP contribution in [0.25, 0.3) is 0 Å². The molecule has 0 heterocycles. The van der Waals surface area contributed by atoms with Crippen LogP contribution in [0.3, 0.4) is 0 Å². The van der Waals surface area contributed by atoms with Gasteiger partial charge in [0.25, 0.3) is 0 Å². The van der Waals surface area contributed by atoms with Crippen LogP contribution in [-0.4, -0.2) is 17.6 Å². The highest BCUT2D eigenvalue weighted by Gasteiger charge is 2.16. The third-order valence-electron chi connectivity index (χ3n) is 1.98. The molecular formula is C13H17ClN2O3. The summed E-state index contributed by atoms with van der Waals surface area (Å²) in [4.78, 5) is 22.8. The average Bonchev–Trinajstić information content (AvgIpc) is 2.27. The molecule has 0 saturated heterocycles. The van der Waals surface area contributed by atoms with Gasteiger partial charge >= 0.3 is 6.09 Å². The van der Waals surface area contributed by atoms with Gasteiger partial charge in [-0.2, -0.15) is 0 Å². The van der Waals surface area contributed by atoms with E-state index in [0.717, 1.165) is 5.56 Å². The van der Waals surface area contributed by atoms with Crippen LogP contribution in [0.15, 0.2) is 24.3 Å². The Morgan fingerprint density at radius 1 is 1.16 bits per heavy atom. The van der Waals surface area contributed by atoms with Gasteiger partial charge in [-0.05, 0) is 38.5 Å². The van der Waals surface area contributed by atoms with Gasteiger partial charge in [-0.15, -0.1) is 0 Å². The molecule has 0 aliphatic rings. The van der Waals surface area contributed by atoms with E-state index < -0.39 is 11.7 Å². The Balaban J connectivity index is 2.36. The summed E-state index contributed by atoms with van der Waals surface area (Å²) in [5.41, 5.74) is 4.65. The van der Waals surface area contributed by atoms with Gasteiger partial charge in [0.1, 0.15) is 5.60 Å². The monoisotopic (exact) mass is 284 g/mol. The van der Waals surface area contributed by atoms with E-state index in [1.807, 2.05) is 0 Å². The number of hydrogen-bond donors (Lipinski definition) is 2. The summed E-state index contributed by atoms with van der Waals surface area (Å²) in [6, 6.07) is 6.89. The zero-order valence-corrected chi connectivity index (χ0v) is 11.9. The van der Waals surface area contributed by atoms with E-state index in [1.165, 1.54) is 0 Å². The number of carbonyl (C=O) groups is 2. The number of carbonyl (C=O) groups excluding carboxylic acids is 2. The highest BCUT2D eigenvalue weighted by Crippen LogP contribution is 2.09. The van der Waals surface area contributed by atoms with Gasteiger partial charge in [0.05, 0.1) is 6.42 Å². The molecule has 0 bridgehead atoms. The maximum absolute atomic E-state index is 11.6. The second-order valence-corrected chi connectivity index (χ2v) is 5.41. The Kier molecular flexibility index (Phi) is 5.18. The maximum Gasteiger partial charge on any atom is 0.426 e. The molecule has 19 heavy (non-hydrogen) atoms. The molecule has 1 rings (SSSR count). The van der Waals surface area contributed by atoms with Gasteiger partial charge in [0.2, 0.25) is 5.91 Å². The lowest BCUT2D eigenvalue weighted by Crippen LogP contribution is -2.44. The predicted octanol–water partition coefficient (Wildman–Crippen LogP) is 2.44. The molecule has 1 aromatic carbocycles. The molecule has 0 aromatic heterocycles. The summed E-state index contributed by atoms with van der Waals surface area (Å²) in [6.45, 7) is 5.21. The van der Waals surface area contributed by atoms with E-state index in [4.69, 9.17) is 16.3 Å². The van der Waals surface area contributed by atoms with E-state index in [9.17, 15) is 9.59 Å². The first-order valence-corrected chi connectivity index (χ1v) is 6.16. The fraction of sp³-hybridized carbons (Fsp3) is 0.385. The van der Waals surface area contributed by atoms with Gasteiger partial charge in [-0.25, -0.2) is 10.2 Å². The SMILES string of the molecule is CC(C)(C)OC(=O)NNC(=O)Cc1ccc(Cl)cc1. The summed E-state index contributed by atoms with van der Waals surface area (Å²) in [7, 11) is 0. The molecular weight excluding hydrogens is 268 g/mol. The number of hydrazine groups is 1. The zero-order valence-electron chi connectivity index (χ0n) is 11.1.